The van der Waals surface area contributed by atoms with Crippen LogP contribution in [0.25, 0.3) is 5.69 Å². The van der Waals surface area contributed by atoms with Crippen LogP contribution in [0, 0.1) is 0 Å². The highest BCUT2D eigenvalue weighted by atomic mass is 35.5. The van der Waals surface area contributed by atoms with E-state index in [9.17, 15) is 13.2 Å². The van der Waals surface area contributed by atoms with Crippen molar-refractivity contribution in [2.45, 2.75) is 18.4 Å². The number of ether oxygens (including phenoxy) is 1. The van der Waals surface area contributed by atoms with Crippen LogP contribution >= 0.6 is 23.2 Å². The molecule has 0 atom stereocenters. The van der Waals surface area contributed by atoms with E-state index >= 15 is 0 Å². The van der Waals surface area contributed by atoms with Gasteiger partial charge in [-0.05, 0) is 18.2 Å². The lowest BCUT2D eigenvalue weighted by atomic mass is 10.3. The van der Waals surface area contributed by atoms with Crippen LogP contribution in [0.3, 0.4) is 0 Å². The van der Waals surface area contributed by atoms with Crippen molar-refractivity contribution in [2.24, 2.45) is 0 Å². The molecule has 0 amide bonds. The van der Waals surface area contributed by atoms with Crippen LogP contribution in [0.15, 0.2) is 29.4 Å². The summed E-state index contributed by atoms with van der Waals surface area (Å²) >= 11 is 11.8. The predicted molar refractivity (Wildman–Crippen MR) is 82.6 cm³/mol. The Labute approximate surface area is 137 Å². The molecule has 22 heavy (non-hydrogen) atoms. The lowest BCUT2D eigenvalue weighted by molar-refractivity contribution is -0.134. The molecule has 1 heterocycles. The molecule has 1 aromatic carbocycles. The fourth-order valence-corrected chi connectivity index (χ4v) is 3.21. The Bertz CT molecular complexity index is 810. The van der Waals surface area contributed by atoms with Gasteiger partial charge in [0.25, 0.3) is 0 Å². The first-order valence-electron chi connectivity index (χ1n) is 6.17. The Morgan fingerprint density at radius 2 is 1.86 bits per heavy atom. The number of nitrogens with zero attached hydrogens (tertiary/aromatic N) is 2. The highest BCUT2D eigenvalue weighted by Gasteiger charge is 2.24. The first-order chi connectivity index (χ1) is 10.2. The van der Waals surface area contributed by atoms with Crippen LogP contribution < -0.4 is 4.74 Å². The average molecular weight is 363 g/mol. The number of rotatable bonds is 4. The number of halogens is 2. The van der Waals surface area contributed by atoms with Crippen molar-refractivity contribution in [3.63, 3.8) is 0 Å². The van der Waals surface area contributed by atoms with Gasteiger partial charge in [0.2, 0.25) is 5.03 Å². The molecule has 0 spiro atoms. The van der Waals surface area contributed by atoms with Crippen LogP contribution in [0.2, 0.25) is 10.0 Å². The third-order valence-electron chi connectivity index (χ3n) is 2.65. The summed E-state index contributed by atoms with van der Waals surface area (Å²) in [5.41, 5.74) is 0.344. The maximum Gasteiger partial charge on any atom is 0.311 e. The number of esters is 1. The molecule has 0 aliphatic rings. The second-order valence-electron chi connectivity index (χ2n) is 4.45. The van der Waals surface area contributed by atoms with Gasteiger partial charge in [-0.2, -0.15) is 5.10 Å². The van der Waals surface area contributed by atoms with Gasteiger partial charge in [0.1, 0.15) is 0 Å². The molecule has 2 rings (SSSR count). The Hall–Kier alpha value is -1.57. The summed E-state index contributed by atoms with van der Waals surface area (Å²) < 4.78 is 30.2. The summed E-state index contributed by atoms with van der Waals surface area (Å²) in [6.45, 7) is 1.60. The first kappa shape index (κ1) is 16.8. The fraction of sp³-hybridized carbons (Fsp3) is 0.231. The summed E-state index contributed by atoms with van der Waals surface area (Å²) in [6.07, 6.45) is 2.27. The topological polar surface area (TPSA) is 78.3 Å². The van der Waals surface area contributed by atoms with Crippen LogP contribution in [0.4, 0.5) is 0 Å². The second kappa shape index (κ2) is 6.28. The highest BCUT2D eigenvalue weighted by molar-refractivity contribution is 7.90. The number of hydrogen-bond donors (Lipinski definition) is 0. The molecule has 0 saturated heterocycles. The van der Waals surface area contributed by atoms with Crippen molar-refractivity contribution >= 4 is 39.0 Å². The van der Waals surface area contributed by atoms with E-state index in [1.165, 1.54) is 24.4 Å². The highest BCUT2D eigenvalue weighted by Crippen LogP contribution is 2.29. The number of carbonyl (C=O) groups is 1. The molecule has 2 aromatic rings. The van der Waals surface area contributed by atoms with Crippen molar-refractivity contribution in [1.82, 2.24) is 9.78 Å². The predicted octanol–water partition coefficient (Wildman–Crippen LogP) is 2.90. The normalized spacial score (nSPS) is 11.5. The Morgan fingerprint density at radius 3 is 2.36 bits per heavy atom. The summed E-state index contributed by atoms with van der Waals surface area (Å²) in [7, 11) is -3.71. The van der Waals surface area contributed by atoms with E-state index < -0.39 is 15.8 Å². The Kier molecular flexibility index (Phi) is 4.79. The van der Waals surface area contributed by atoms with Crippen molar-refractivity contribution in [1.29, 1.82) is 0 Å². The minimum absolute atomic E-state index is 0.109. The van der Waals surface area contributed by atoms with E-state index in [0.717, 1.165) is 10.9 Å². The largest absolute Gasteiger partial charge is 0.422 e. The van der Waals surface area contributed by atoms with E-state index in [4.69, 9.17) is 27.9 Å². The van der Waals surface area contributed by atoms with Gasteiger partial charge in [0, 0.05) is 22.7 Å². The van der Waals surface area contributed by atoms with Crippen LogP contribution in [-0.4, -0.2) is 30.4 Å². The molecule has 0 aliphatic carbocycles. The third-order valence-corrected chi connectivity index (χ3v) is 4.16. The van der Waals surface area contributed by atoms with Gasteiger partial charge < -0.3 is 4.74 Å². The lowest BCUT2D eigenvalue weighted by Crippen LogP contribution is -2.12. The fourth-order valence-electron chi connectivity index (χ4n) is 1.77. The second-order valence-corrected chi connectivity index (χ2v) is 7.26. The Morgan fingerprint density at radius 1 is 1.27 bits per heavy atom. The minimum Gasteiger partial charge on any atom is -0.422 e. The van der Waals surface area contributed by atoms with E-state index in [1.54, 1.807) is 6.92 Å². The summed E-state index contributed by atoms with van der Waals surface area (Å²) in [6, 6.07) is 4.51. The van der Waals surface area contributed by atoms with Gasteiger partial charge in [0.15, 0.2) is 15.6 Å². The molecule has 1 aromatic heterocycles. The zero-order chi connectivity index (χ0) is 16.5. The summed E-state index contributed by atoms with van der Waals surface area (Å²) in [5, 5.41) is 4.37. The molecule has 6 nitrogen and oxygen atoms in total. The molecule has 0 radical (unpaired) electrons. The molecular weight excluding hydrogens is 351 g/mol. The van der Waals surface area contributed by atoms with Gasteiger partial charge in [-0.1, -0.05) is 30.1 Å². The standard InChI is InChI=1S/C13H12Cl2N2O4S/c1-3-12(18)21-11-7-16-17(13(11)22(2,19)20)10-5-8(14)4-9(15)6-10/h4-7H,3H2,1-2H3. The molecule has 0 N–H and O–H groups in total. The molecule has 0 fully saturated rings. The van der Waals surface area contributed by atoms with Crippen LogP contribution in [0.5, 0.6) is 5.75 Å². The molecule has 0 unspecified atom stereocenters. The zero-order valence-electron chi connectivity index (χ0n) is 11.7. The average Bonchev–Trinajstić information content (AvgIpc) is 2.81. The van der Waals surface area contributed by atoms with E-state index in [2.05, 4.69) is 5.10 Å². The van der Waals surface area contributed by atoms with Crippen molar-refractivity contribution < 1.29 is 17.9 Å². The quantitative estimate of drug-likeness (QED) is 0.781. The maximum atomic E-state index is 12.0. The molecule has 9 heteroatoms. The van der Waals surface area contributed by atoms with E-state index in [1.807, 2.05) is 0 Å². The monoisotopic (exact) mass is 362 g/mol. The van der Waals surface area contributed by atoms with Crippen LogP contribution in [-0.2, 0) is 14.6 Å². The Balaban J connectivity index is 2.64. The maximum absolute atomic E-state index is 12.0. The summed E-state index contributed by atoms with van der Waals surface area (Å²) in [4.78, 5) is 11.4. The first-order valence-corrected chi connectivity index (χ1v) is 8.82. The van der Waals surface area contributed by atoms with Crippen molar-refractivity contribution in [3.8, 4) is 11.4 Å². The smallest absolute Gasteiger partial charge is 0.311 e. The lowest BCUT2D eigenvalue weighted by Gasteiger charge is -2.09. The zero-order valence-corrected chi connectivity index (χ0v) is 14.0. The van der Waals surface area contributed by atoms with Crippen molar-refractivity contribution in [3.05, 3.63) is 34.4 Å². The number of hydrogen-bond acceptors (Lipinski definition) is 5. The number of benzene rings is 1. The SMILES string of the molecule is CCC(=O)Oc1cnn(-c2cc(Cl)cc(Cl)c2)c1S(C)(=O)=O. The molecule has 0 bridgehead atoms. The van der Waals surface area contributed by atoms with Gasteiger partial charge >= 0.3 is 5.97 Å². The van der Waals surface area contributed by atoms with Gasteiger partial charge in [0.05, 0.1) is 11.9 Å². The van der Waals surface area contributed by atoms with E-state index in [0.29, 0.717) is 15.7 Å². The minimum atomic E-state index is -3.71. The van der Waals surface area contributed by atoms with Gasteiger partial charge in [-0.15, -0.1) is 0 Å². The van der Waals surface area contributed by atoms with Crippen LogP contribution in [0.1, 0.15) is 13.3 Å². The van der Waals surface area contributed by atoms with Crippen molar-refractivity contribution in [2.75, 3.05) is 6.26 Å². The number of carbonyl (C=O) groups excluding carboxylic acids is 1. The molecule has 0 saturated carbocycles. The number of aromatic nitrogens is 2. The number of sulfone groups is 1. The van der Waals surface area contributed by atoms with Gasteiger partial charge in [-0.25, -0.2) is 13.1 Å². The summed E-state index contributed by atoms with van der Waals surface area (Å²) in [5.74, 6) is -0.695. The van der Waals surface area contributed by atoms with E-state index in [-0.39, 0.29) is 17.2 Å². The van der Waals surface area contributed by atoms with Gasteiger partial charge in [-0.3, -0.25) is 4.79 Å². The third kappa shape index (κ3) is 3.60. The molecule has 0 aliphatic heterocycles. The molecule has 118 valence electrons. The molecular formula is C13H12Cl2N2O4S.